The van der Waals surface area contributed by atoms with Crippen LogP contribution in [0.5, 0.6) is 0 Å². The summed E-state index contributed by atoms with van der Waals surface area (Å²) in [6.07, 6.45) is 0.696. The van der Waals surface area contributed by atoms with E-state index in [1.54, 1.807) is 16.7 Å². The molecule has 0 aliphatic heterocycles. The first-order valence-corrected chi connectivity index (χ1v) is 11.9. The normalized spacial score (nSPS) is 10.7. The van der Waals surface area contributed by atoms with Gasteiger partial charge in [0.25, 0.3) is 5.91 Å². The summed E-state index contributed by atoms with van der Waals surface area (Å²) in [6, 6.07) is 25.2. The number of carbonyl (C=O) groups is 2. The molecule has 4 aromatic rings. The van der Waals surface area contributed by atoms with Gasteiger partial charge in [0.1, 0.15) is 5.82 Å². The van der Waals surface area contributed by atoms with Crippen LogP contribution in [-0.2, 0) is 20.7 Å². The Morgan fingerprint density at radius 2 is 1.60 bits per heavy atom. The highest BCUT2D eigenvalue weighted by Crippen LogP contribution is 2.28. The predicted octanol–water partition coefficient (Wildman–Crippen LogP) is 4.07. The number of aromatic nitrogens is 3. The zero-order valence-electron chi connectivity index (χ0n) is 18.8. The summed E-state index contributed by atoms with van der Waals surface area (Å²) in [4.78, 5) is 24.2. The quantitative estimate of drug-likeness (QED) is 0.266. The van der Waals surface area contributed by atoms with Gasteiger partial charge in [-0.1, -0.05) is 60.3 Å². The van der Waals surface area contributed by atoms with Crippen molar-refractivity contribution in [1.82, 2.24) is 20.1 Å². The summed E-state index contributed by atoms with van der Waals surface area (Å²) < 4.78 is 20.3. The molecule has 7 nitrogen and oxygen atoms in total. The summed E-state index contributed by atoms with van der Waals surface area (Å²) >= 11 is 1.14. The molecule has 4 rings (SSSR count). The Morgan fingerprint density at radius 1 is 0.914 bits per heavy atom. The molecular weight excluding hydrogens is 467 g/mol. The lowest BCUT2D eigenvalue weighted by Gasteiger charge is -2.10. The lowest BCUT2D eigenvalue weighted by Crippen LogP contribution is -2.30. The van der Waals surface area contributed by atoms with E-state index in [9.17, 15) is 14.0 Å². The number of esters is 1. The first kappa shape index (κ1) is 24.2. The van der Waals surface area contributed by atoms with Crippen molar-refractivity contribution in [3.05, 3.63) is 96.3 Å². The van der Waals surface area contributed by atoms with E-state index in [2.05, 4.69) is 15.5 Å². The average molecular weight is 491 g/mol. The van der Waals surface area contributed by atoms with Crippen molar-refractivity contribution in [2.75, 3.05) is 18.9 Å². The fraction of sp³-hybridized carbons (Fsp3) is 0.154. The predicted molar refractivity (Wildman–Crippen MR) is 132 cm³/mol. The van der Waals surface area contributed by atoms with Gasteiger partial charge in [0, 0.05) is 17.8 Å². The average Bonchev–Trinajstić information content (AvgIpc) is 3.32. The van der Waals surface area contributed by atoms with Crippen LogP contribution >= 0.6 is 11.8 Å². The van der Waals surface area contributed by atoms with E-state index >= 15 is 0 Å². The Labute approximate surface area is 206 Å². The highest BCUT2D eigenvalue weighted by atomic mass is 32.2. The molecule has 0 spiro atoms. The smallest absolute Gasteiger partial charge is 0.316 e. The van der Waals surface area contributed by atoms with Crippen LogP contribution in [0.25, 0.3) is 17.1 Å². The molecular formula is C26H23FN4O3S. The fourth-order valence-electron chi connectivity index (χ4n) is 3.31. The van der Waals surface area contributed by atoms with Gasteiger partial charge in [0.2, 0.25) is 0 Å². The molecule has 178 valence electrons. The van der Waals surface area contributed by atoms with Crippen LogP contribution in [0.2, 0.25) is 0 Å². The molecule has 1 N–H and O–H groups in total. The summed E-state index contributed by atoms with van der Waals surface area (Å²) in [6.45, 7) is 0.113. The number of thioether (sulfide) groups is 1. The van der Waals surface area contributed by atoms with E-state index in [1.807, 2.05) is 60.7 Å². The molecule has 0 fully saturated rings. The fourth-order valence-corrected chi connectivity index (χ4v) is 4.06. The van der Waals surface area contributed by atoms with Crippen molar-refractivity contribution in [2.45, 2.75) is 11.6 Å². The van der Waals surface area contributed by atoms with Crippen LogP contribution in [0.15, 0.2) is 90.1 Å². The number of halogens is 1. The highest BCUT2D eigenvalue weighted by Gasteiger charge is 2.18. The largest absolute Gasteiger partial charge is 0.455 e. The number of rotatable bonds is 10. The third-order valence-electron chi connectivity index (χ3n) is 5.01. The van der Waals surface area contributed by atoms with Gasteiger partial charge in [0.05, 0.1) is 5.75 Å². The number of nitrogens with one attached hydrogen (secondary N) is 1. The van der Waals surface area contributed by atoms with Gasteiger partial charge in [-0.3, -0.25) is 14.2 Å². The number of nitrogens with zero attached hydrogens (tertiary/aromatic N) is 3. The van der Waals surface area contributed by atoms with Crippen LogP contribution in [0.3, 0.4) is 0 Å². The number of hydrogen-bond donors (Lipinski definition) is 1. The molecule has 9 heteroatoms. The van der Waals surface area contributed by atoms with Gasteiger partial charge < -0.3 is 10.1 Å². The van der Waals surface area contributed by atoms with Crippen molar-refractivity contribution >= 4 is 23.6 Å². The Hall–Kier alpha value is -3.98. The maximum absolute atomic E-state index is 13.4. The third-order valence-corrected chi connectivity index (χ3v) is 5.91. The van der Waals surface area contributed by atoms with Crippen molar-refractivity contribution in [3.8, 4) is 17.1 Å². The van der Waals surface area contributed by atoms with Crippen LogP contribution in [0.1, 0.15) is 5.56 Å². The number of hydrogen-bond acceptors (Lipinski definition) is 6. The molecule has 0 unspecified atom stereocenters. The van der Waals surface area contributed by atoms with Crippen molar-refractivity contribution in [2.24, 2.45) is 0 Å². The maximum Gasteiger partial charge on any atom is 0.316 e. The standard InChI is InChI=1S/C26H23FN4O3S/c27-21-13-11-20(12-14-21)25-29-30-26(31(25)22-9-5-2-6-10-22)35-18-24(33)34-17-23(32)28-16-15-19-7-3-1-4-8-19/h1-14H,15-18H2,(H,28,32). The van der Waals surface area contributed by atoms with E-state index in [4.69, 9.17) is 4.74 Å². The van der Waals surface area contributed by atoms with Gasteiger partial charge in [-0.15, -0.1) is 10.2 Å². The number of carbonyl (C=O) groups excluding carboxylic acids is 2. The van der Waals surface area contributed by atoms with Crippen molar-refractivity contribution in [3.63, 3.8) is 0 Å². The van der Waals surface area contributed by atoms with Crippen LogP contribution in [-0.4, -0.2) is 45.5 Å². The molecule has 0 saturated heterocycles. The van der Waals surface area contributed by atoms with E-state index < -0.39 is 5.97 Å². The lowest BCUT2D eigenvalue weighted by molar-refractivity contribution is -0.145. The maximum atomic E-state index is 13.4. The van der Waals surface area contributed by atoms with Gasteiger partial charge >= 0.3 is 5.97 Å². The van der Waals surface area contributed by atoms with E-state index in [1.165, 1.54) is 12.1 Å². The van der Waals surface area contributed by atoms with E-state index in [0.717, 1.165) is 23.0 Å². The van der Waals surface area contributed by atoms with Crippen LogP contribution in [0, 0.1) is 5.82 Å². The minimum atomic E-state index is -0.542. The number of benzene rings is 3. The molecule has 0 aliphatic rings. The Bertz CT molecular complexity index is 1270. The lowest BCUT2D eigenvalue weighted by atomic mass is 10.1. The number of para-hydroxylation sites is 1. The Balaban J connectivity index is 1.33. The van der Waals surface area contributed by atoms with Crippen LogP contribution in [0.4, 0.5) is 4.39 Å². The highest BCUT2D eigenvalue weighted by molar-refractivity contribution is 7.99. The van der Waals surface area contributed by atoms with Gasteiger partial charge in [-0.2, -0.15) is 0 Å². The summed E-state index contributed by atoms with van der Waals surface area (Å²) in [5, 5.41) is 11.7. The van der Waals surface area contributed by atoms with Gasteiger partial charge in [-0.05, 0) is 48.4 Å². The zero-order valence-corrected chi connectivity index (χ0v) is 19.6. The second-order valence-corrected chi connectivity index (χ2v) is 8.46. The number of amides is 1. The molecule has 0 saturated carbocycles. The summed E-state index contributed by atoms with van der Waals surface area (Å²) in [7, 11) is 0. The third kappa shape index (κ3) is 6.77. The SMILES string of the molecule is O=C(COC(=O)CSc1nnc(-c2ccc(F)cc2)n1-c1ccccc1)NCCc1ccccc1. The Kier molecular flexibility index (Phi) is 8.24. The van der Waals surface area contributed by atoms with E-state index in [-0.39, 0.29) is 24.1 Å². The molecule has 0 atom stereocenters. The molecule has 1 heterocycles. The van der Waals surface area contributed by atoms with Gasteiger partial charge in [-0.25, -0.2) is 4.39 Å². The molecule has 3 aromatic carbocycles. The molecule has 35 heavy (non-hydrogen) atoms. The molecule has 1 aromatic heterocycles. The topological polar surface area (TPSA) is 86.1 Å². The molecule has 0 radical (unpaired) electrons. The van der Waals surface area contributed by atoms with Crippen molar-refractivity contribution < 1.29 is 18.7 Å². The first-order chi connectivity index (χ1) is 17.1. The first-order valence-electron chi connectivity index (χ1n) is 11.0. The molecule has 1 amide bonds. The second-order valence-electron chi connectivity index (χ2n) is 7.52. The molecule has 0 aliphatic carbocycles. The van der Waals surface area contributed by atoms with Gasteiger partial charge in [0.15, 0.2) is 17.6 Å². The second kappa shape index (κ2) is 11.9. The molecule has 0 bridgehead atoms. The summed E-state index contributed by atoms with van der Waals surface area (Å²) in [5.74, 6) is -0.776. The monoisotopic (exact) mass is 490 g/mol. The Morgan fingerprint density at radius 3 is 2.31 bits per heavy atom. The number of ether oxygens (including phenoxy) is 1. The minimum absolute atomic E-state index is 0.0499. The minimum Gasteiger partial charge on any atom is -0.455 e. The van der Waals surface area contributed by atoms with Crippen molar-refractivity contribution in [1.29, 1.82) is 0 Å². The zero-order chi connectivity index (χ0) is 24.5. The summed E-state index contributed by atoms with van der Waals surface area (Å²) in [5.41, 5.74) is 2.60. The van der Waals surface area contributed by atoms with Crippen LogP contribution < -0.4 is 5.32 Å². The van der Waals surface area contributed by atoms with E-state index in [0.29, 0.717) is 29.5 Å².